The lowest BCUT2D eigenvalue weighted by Crippen LogP contribution is -2.48. The Kier molecular flexibility index (Phi) is 5.70. The highest BCUT2D eigenvalue weighted by atomic mass is 35.5. The topological polar surface area (TPSA) is 61.6 Å². The van der Waals surface area contributed by atoms with Gasteiger partial charge in [0.05, 0.1) is 22.9 Å². The van der Waals surface area contributed by atoms with Crippen LogP contribution in [0.4, 0.5) is 11.4 Å². The summed E-state index contributed by atoms with van der Waals surface area (Å²) in [5.41, 5.74) is 6.64. The number of halogens is 2. The van der Waals surface area contributed by atoms with Gasteiger partial charge in [-0.05, 0) is 18.7 Å². The van der Waals surface area contributed by atoms with Crippen LogP contribution in [0.2, 0.25) is 10.0 Å². The van der Waals surface area contributed by atoms with E-state index in [-0.39, 0.29) is 5.91 Å². The van der Waals surface area contributed by atoms with Crippen LogP contribution in [0.5, 0.6) is 0 Å². The average Bonchev–Trinajstić information content (AvgIpc) is 2.43. The van der Waals surface area contributed by atoms with Gasteiger partial charge in [0.25, 0.3) is 0 Å². The Labute approximate surface area is 135 Å². The van der Waals surface area contributed by atoms with Gasteiger partial charge in [-0.1, -0.05) is 30.1 Å². The molecule has 1 heterocycles. The third-order valence-corrected chi connectivity index (χ3v) is 4.15. The van der Waals surface area contributed by atoms with E-state index in [2.05, 4.69) is 22.0 Å². The summed E-state index contributed by atoms with van der Waals surface area (Å²) in [4.78, 5) is 16.6. The number of hydrogen-bond donors (Lipinski definition) is 2. The van der Waals surface area contributed by atoms with Crippen LogP contribution >= 0.6 is 23.2 Å². The van der Waals surface area contributed by atoms with E-state index >= 15 is 0 Å². The van der Waals surface area contributed by atoms with Crippen LogP contribution < -0.4 is 11.1 Å². The molecule has 1 amide bonds. The highest BCUT2D eigenvalue weighted by Gasteiger charge is 2.18. The van der Waals surface area contributed by atoms with Gasteiger partial charge < -0.3 is 16.0 Å². The molecule has 1 aliphatic rings. The second-order valence-corrected chi connectivity index (χ2v) is 5.95. The average molecular weight is 331 g/mol. The van der Waals surface area contributed by atoms with Crippen molar-refractivity contribution in [3.05, 3.63) is 22.2 Å². The molecule has 1 aliphatic heterocycles. The van der Waals surface area contributed by atoms with Crippen molar-refractivity contribution in [3.8, 4) is 0 Å². The highest BCUT2D eigenvalue weighted by Crippen LogP contribution is 2.31. The first-order valence-corrected chi connectivity index (χ1v) is 7.74. The van der Waals surface area contributed by atoms with Crippen molar-refractivity contribution in [1.29, 1.82) is 0 Å². The maximum atomic E-state index is 12.1. The molecule has 21 heavy (non-hydrogen) atoms. The fraction of sp³-hybridized carbons (Fsp3) is 0.500. The van der Waals surface area contributed by atoms with Crippen LogP contribution in [0, 0.1) is 0 Å². The van der Waals surface area contributed by atoms with Gasteiger partial charge in [0.1, 0.15) is 0 Å². The van der Waals surface area contributed by atoms with E-state index in [0.717, 1.165) is 32.7 Å². The second kappa shape index (κ2) is 7.31. The fourth-order valence-electron chi connectivity index (χ4n) is 2.37. The predicted octanol–water partition coefficient (Wildman–Crippen LogP) is 2.15. The van der Waals surface area contributed by atoms with Crippen LogP contribution in [-0.2, 0) is 4.79 Å². The normalized spacial score (nSPS) is 16.9. The highest BCUT2D eigenvalue weighted by molar-refractivity contribution is 6.37. The van der Waals surface area contributed by atoms with Gasteiger partial charge in [-0.15, -0.1) is 0 Å². The Morgan fingerprint density at radius 3 is 2.43 bits per heavy atom. The summed E-state index contributed by atoms with van der Waals surface area (Å²) < 4.78 is 0. The monoisotopic (exact) mass is 330 g/mol. The van der Waals surface area contributed by atoms with E-state index in [4.69, 9.17) is 28.9 Å². The third kappa shape index (κ3) is 4.48. The summed E-state index contributed by atoms with van der Waals surface area (Å²) >= 11 is 11.9. The predicted molar refractivity (Wildman–Crippen MR) is 88.1 cm³/mol. The summed E-state index contributed by atoms with van der Waals surface area (Å²) in [6, 6.07) is 3.14. The van der Waals surface area contributed by atoms with Gasteiger partial charge >= 0.3 is 0 Å². The molecule has 0 unspecified atom stereocenters. The minimum atomic E-state index is -0.115. The van der Waals surface area contributed by atoms with E-state index in [1.54, 1.807) is 12.1 Å². The van der Waals surface area contributed by atoms with Crippen molar-refractivity contribution in [2.45, 2.75) is 6.92 Å². The smallest absolute Gasteiger partial charge is 0.238 e. The summed E-state index contributed by atoms with van der Waals surface area (Å²) in [5, 5.41) is 3.57. The molecule has 1 aromatic carbocycles. The maximum Gasteiger partial charge on any atom is 0.238 e. The number of amides is 1. The lowest BCUT2D eigenvalue weighted by molar-refractivity contribution is -0.117. The number of piperazine rings is 1. The molecule has 3 N–H and O–H groups in total. The zero-order valence-electron chi connectivity index (χ0n) is 12.0. The van der Waals surface area contributed by atoms with Crippen molar-refractivity contribution in [2.75, 3.05) is 50.3 Å². The molecule has 1 fully saturated rings. The Hall–Kier alpha value is -1.01. The quantitative estimate of drug-likeness (QED) is 0.830. The third-order valence-electron chi connectivity index (χ3n) is 3.63. The molecule has 0 saturated carbocycles. The number of nitrogens with zero attached hydrogens (tertiary/aromatic N) is 2. The van der Waals surface area contributed by atoms with Crippen LogP contribution in [0.1, 0.15) is 6.92 Å². The first kappa shape index (κ1) is 16.4. The molecular formula is C14H20Cl2N4O. The number of carbonyl (C=O) groups is 1. The van der Waals surface area contributed by atoms with Crippen LogP contribution in [-0.4, -0.2) is 55.0 Å². The number of anilines is 2. The summed E-state index contributed by atoms with van der Waals surface area (Å²) in [5.74, 6) is -0.115. The molecule has 0 atom stereocenters. The van der Waals surface area contributed by atoms with Crippen molar-refractivity contribution in [3.63, 3.8) is 0 Å². The van der Waals surface area contributed by atoms with E-state index in [9.17, 15) is 4.79 Å². The van der Waals surface area contributed by atoms with Crippen molar-refractivity contribution < 1.29 is 4.79 Å². The van der Waals surface area contributed by atoms with E-state index in [1.165, 1.54) is 0 Å². The second-order valence-electron chi connectivity index (χ2n) is 5.11. The summed E-state index contributed by atoms with van der Waals surface area (Å²) in [6.45, 7) is 7.32. The lowest BCUT2D eigenvalue weighted by atomic mass is 10.2. The maximum absolute atomic E-state index is 12.1. The molecule has 0 aromatic heterocycles. The zero-order valence-corrected chi connectivity index (χ0v) is 13.5. The van der Waals surface area contributed by atoms with Crippen molar-refractivity contribution in [2.24, 2.45) is 0 Å². The minimum Gasteiger partial charge on any atom is -0.397 e. The Morgan fingerprint density at radius 1 is 1.24 bits per heavy atom. The number of benzene rings is 1. The number of nitrogens with two attached hydrogens (primary N) is 1. The molecule has 116 valence electrons. The van der Waals surface area contributed by atoms with Crippen LogP contribution in [0.25, 0.3) is 0 Å². The number of likely N-dealkylation sites (N-methyl/N-ethyl adjacent to an activating group) is 1. The summed E-state index contributed by atoms with van der Waals surface area (Å²) in [6.07, 6.45) is 0. The Morgan fingerprint density at radius 2 is 1.86 bits per heavy atom. The van der Waals surface area contributed by atoms with E-state index in [0.29, 0.717) is 28.0 Å². The van der Waals surface area contributed by atoms with Gasteiger partial charge in [-0.3, -0.25) is 9.69 Å². The van der Waals surface area contributed by atoms with Gasteiger partial charge in [0.2, 0.25) is 5.91 Å². The Bertz CT molecular complexity index is 493. The SMILES string of the molecule is CCN1CCN(CC(=O)Nc2c(N)cc(Cl)cc2Cl)CC1. The van der Waals surface area contributed by atoms with Gasteiger partial charge in [-0.2, -0.15) is 0 Å². The first-order valence-electron chi connectivity index (χ1n) is 6.98. The number of nitrogen functional groups attached to an aromatic ring is 1. The van der Waals surface area contributed by atoms with E-state index < -0.39 is 0 Å². The molecule has 0 radical (unpaired) electrons. The van der Waals surface area contributed by atoms with Crippen molar-refractivity contribution >= 4 is 40.5 Å². The number of nitrogens with one attached hydrogen (secondary N) is 1. The van der Waals surface area contributed by atoms with Gasteiger partial charge in [0, 0.05) is 31.2 Å². The molecule has 0 aliphatic carbocycles. The zero-order chi connectivity index (χ0) is 15.4. The molecule has 5 nitrogen and oxygen atoms in total. The molecule has 7 heteroatoms. The molecule has 0 bridgehead atoms. The number of carbonyl (C=O) groups excluding carboxylic acids is 1. The molecule has 1 aromatic rings. The first-order chi connectivity index (χ1) is 9.99. The number of rotatable bonds is 4. The molecular weight excluding hydrogens is 311 g/mol. The minimum absolute atomic E-state index is 0.115. The largest absolute Gasteiger partial charge is 0.397 e. The number of hydrogen-bond acceptors (Lipinski definition) is 4. The van der Waals surface area contributed by atoms with Crippen LogP contribution in [0.15, 0.2) is 12.1 Å². The summed E-state index contributed by atoms with van der Waals surface area (Å²) in [7, 11) is 0. The fourth-order valence-corrected chi connectivity index (χ4v) is 2.93. The Balaban J connectivity index is 1.91. The van der Waals surface area contributed by atoms with E-state index in [1.807, 2.05) is 0 Å². The molecule has 0 spiro atoms. The van der Waals surface area contributed by atoms with Gasteiger partial charge in [-0.25, -0.2) is 0 Å². The molecule has 1 saturated heterocycles. The molecule has 2 rings (SSSR count). The standard InChI is InChI=1S/C14H20Cl2N4O/c1-2-19-3-5-20(6-4-19)9-13(21)18-14-11(16)7-10(15)8-12(14)17/h7-8H,2-6,9,17H2,1H3,(H,18,21). The lowest BCUT2D eigenvalue weighted by Gasteiger charge is -2.33. The van der Waals surface area contributed by atoms with Crippen LogP contribution in [0.3, 0.4) is 0 Å². The van der Waals surface area contributed by atoms with Gasteiger partial charge in [0.15, 0.2) is 0 Å². The van der Waals surface area contributed by atoms with Crippen molar-refractivity contribution in [1.82, 2.24) is 9.80 Å².